The fourth-order valence-corrected chi connectivity index (χ4v) is 5.86. The normalized spacial score (nSPS) is 19.5. The van der Waals surface area contributed by atoms with Crippen molar-refractivity contribution in [1.82, 2.24) is 20.0 Å². The van der Waals surface area contributed by atoms with Gasteiger partial charge in [-0.1, -0.05) is 42.5 Å². The number of aliphatic carboxylic acids is 1. The third-order valence-electron chi connectivity index (χ3n) is 8.15. The molecule has 12 nitrogen and oxygen atoms in total. The summed E-state index contributed by atoms with van der Waals surface area (Å²) in [6.07, 6.45) is 2.42. The molecule has 2 saturated heterocycles. The van der Waals surface area contributed by atoms with Crippen molar-refractivity contribution in [3.05, 3.63) is 65.7 Å². The lowest BCUT2D eigenvalue weighted by Gasteiger charge is -2.36. The molecule has 43 heavy (non-hydrogen) atoms. The highest BCUT2D eigenvalue weighted by Crippen LogP contribution is 2.25. The molecule has 2 aromatic carbocycles. The van der Waals surface area contributed by atoms with Crippen LogP contribution in [0.3, 0.4) is 0 Å². The Hall–Kier alpha value is -4.45. The second-order valence-corrected chi connectivity index (χ2v) is 11.1. The van der Waals surface area contributed by atoms with Gasteiger partial charge >= 0.3 is 5.97 Å². The van der Waals surface area contributed by atoms with Gasteiger partial charge in [-0.25, -0.2) is 0 Å². The molecule has 0 unspecified atom stereocenters. The molecule has 230 valence electrons. The van der Waals surface area contributed by atoms with E-state index in [2.05, 4.69) is 5.32 Å². The number of hydrogen-bond donors (Lipinski definition) is 4. The zero-order valence-corrected chi connectivity index (χ0v) is 24.2. The number of phenolic OH excluding ortho intramolecular Hbond substituents is 1. The Morgan fingerprint density at radius 3 is 2.09 bits per heavy atom. The lowest BCUT2D eigenvalue weighted by atomic mass is 10.0. The van der Waals surface area contributed by atoms with Gasteiger partial charge in [-0.3, -0.25) is 24.0 Å². The van der Waals surface area contributed by atoms with Crippen LogP contribution >= 0.6 is 0 Å². The molecule has 2 fully saturated rings. The number of hydrogen-bond acceptors (Lipinski definition) is 7. The Kier molecular flexibility index (Phi) is 10.4. The zero-order chi connectivity index (χ0) is 31.1. The largest absolute Gasteiger partial charge is 0.508 e. The lowest BCUT2D eigenvalue weighted by molar-refractivity contribution is -0.151. The first-order valence-corrected chi connectivity index (χ1v) is 14.5. The van der Waals surface area contributed by atoms with Gasteiger partial charge in [0.1, 0.15) is 30.4 Å². The second-order valence-electron chi connectivity index (χ2n) is 11.1. The van der Waals surface area contributed by atoms with E-state index in [1.807, 2.05) is 30.3 Å². The molecular formula is C31H39N5O7. The summed E-state index contributed by atoms with van der Waals surface area (Å²) in [5, 5.41) is 20.9. The maximum Gasteiger partial charge on any atom is 0.322 e. The molecule has 0 saturated carbocycles. The first kappa shape index (κ1) is 31.5. The third-order valence-corrected chi connectivity index (χ3v) is 8.15. The highest BCUT2D eigenvalue weighted by molar-refractivity contribution is 5.95. The smallest absolute Gasteiger partial charge is 0.322 e. The first-order valence-electron chi connectivity index (χ1n) is 14.5. The van der Waals surface area contributed by atoms with Crippen molar-refractivity contribution in [3.8, 4) is 5.75 Å². The molecule has 2 heterocycles. The minimum atomic E-state index is -1.19. The highest BCUT2D eigenvalue weighted by atomic mass is 16.4. The predicted octanol–water partition coefficient (Wildman–Crippen LogP) is 0.515. The minimum Gasteiger partial charge on any atom is -0.508 e. The van der Waals surface area contributed by atoms with Crippen molar-refractivity contribution in [2.24, 2.45) is 5.73 Å². The van der Waals surface area contributed by atoms with Crippen LogP contribution in [0.25, 0.3) is 0 Å². The molecule has 0 spiro atoms. The molecule has 0 bridgehead atoms. The second kappa shape index (κ2) is 14.1. The third kappa shape index (κ3) is 7.69. The van der Waals surface area contributed by atoms with Crippen molar-refractivity contribution in [2.45, 2.75) is 62.7 Å². The van der Waals surface area contributed by atoms with E-state index >= 15 is 0 Å². The number of likely N-dealkylation sites (N-methyl/N-ethyl adjacent to an activating group) is 1. The van der Waals surface area contributed by atoms with Gasteiger partial charge in [-0.05, 0) is 55.4 Å². The number of nitrogens with zero attached hydrogens (tertiary/aromatic N) is 3. The van der Waals surface area contributed by atoms with Gasteiger partial charge < -0.3 is 36.0 Å². The number of benzene rings is 2. The summed E-state index contributed by atoms with van der Waals surface area (Å²) in [6.45, 7) is 0.114. The van der Waals surface area contributed by atoms with E-state index in [-0.39, 0.29) is 30.4 Å². The standard InChI is InChI=1S/C31H39N5O7/c1-34(30(42)25-10-6-16-36(25)29(41)23(32)17-21-11-13-22(37)14-12-21)26(18-20-7-3-2-4-8-20)31(43)35-15-5-9-24(35)28(40)33-19-27(38)39/h2-4,7-8,11-14,23-26,37H,5-6,9-10,15-19,32H2,1H3,(H,33,40)(H,38,39)/t23-,24+,25-,26-/m0/s1. The molecule has 12 heteroatoms. The molecule has 2 aliphatic heterocycles. The summed E-state index contributed by atoms with van der Waals surface area (Å²) < 4.78 is 0. The summed E-state index contributed by atoms with van der Waals surface area (Å²) >= 11 is 0. The lowest BCUT2D eigenvalue weighted by Crippen LogP contribution is -2.58. The maximum absolute atomic E-state index is 14.0. The molecule has 0 radical (unpaired) electrons. The van der Waals surface area contributed by atoms with E-state index in [0.717, 1.165) is 11.1 Å². The zero-order valence-electron chi connectivity index (χ0n) is 24.2. The topological polar surface area (TPSA) is 174 Å². The molecule has 4 amide bonds. The Morgan fingerprint density at radius 1 is 0.884 bits per heavy atom. The summed E-state index contributed by atoms with van der Waals surface area (Å²) in [5.74, 6) is -2.78. The van der Waals surface area contributed by atoms with Gasteiger partial charge in [-0.15, -0.1) is 0 Å². The minimum absolute atomic E-state index is 0.109. The van der Waals surface area contributed by atoms with Crippen molar-refractivity contribution < 1.29 is 34.2 Å². The number of amides is 4. The van der Waals surface area contributed by atoms with Crippen LogP contribution in [0.2, 0.25) is 0 Å². The SMILES string of the molecule is CN(C(=O)[C@@H]1CCCN1C(=O)[C@@H](N)Cc1ccc(O)cc1)[C@@H](Cc1ccccc1)C(=O)N1CCC[C@@H]1C(=O)NCC(=O)O. The van der Waals surface area contributed by atoms with Crippen molar-refractivity contribution in [2.75, 3.05) is 26.7 Å². The maximum atomic E-state index is 14.0. The van der Waals surface area contributed by atoms with E-state index in [1.165, 1.54) is 26.8 Å². The van der Waals surface area contributed by atoms with Gasteiger partial charge in [0, 0.05) is 26.6 Å². The number of carboxylic acid groups (broad SMARTS) is 1. The van der Waals surface area contributed by atoms with Crippen LogP contribution in [0.1, 0.15) is 36.8 Å². The number of carbonyl (C=O) groups excluding carboxylic acids is 4. The van der Waals surface area contributed by atoms with E-state index in [4.69, 9.17) is 10.8 Å². The van der Waals surface area contributed by atoms with Crippen LogP contribution in [0, 0.1) is 0 Å². The summed E-state index contributed by atoms with van der Waals surface area (Å²) in [7, 11) is 1.54. The average molecular weight is 594 g/mol. The molecule has 4 rings (SSSR count). The summed E-state index contributed by atoms with van der Waals surface area (Å²) in [5.41, 5.74) is 7.87. The Morgan fingerprint density at radius 2 is 1.47 bits per heavy atom. The van der Waals surface area contributed by atoms with Crippen LogP contribution in [0.15, 0.2) is 54.6 Å². The molecular weight excluding hydrogens is 554 g/mol. The van der Waals surface area contributed by atoms with E-state index < -0.39 is 48.5 Å². The van der Waals surface area contributed by atoms with Gasteiger partial charge in [0.2, 0.25) is 23.6 Å². The van der Waals surface area contributed by atoms with Crippen LogP contribution in [-0.2, 0) is 36.8 Å². The van der Waals surface area contributed by atoms with Crippen LogP contribution in [0.5, 0.6) is 5.75 Å². The van der Waals surface area contributed by atoms with E-state index in [1.54, 1.807) is 19.2 Å². The van der Waals surface area contributed by atoms with Gasteiger partial charge in [0.15, 0.2) is 0 Å². The monoisotopic (exact) mass is 593 g/mol. The van der Waals surface area contributed by atoms with Gasteiger partial charge in [0.05, 0.1) is 6.04 Å². The molecule has 2 aliphatic rings. The highest BCUT2D eigenvalue weighted by Gasteiger charge is 2.43. The van der Waals surface area contributed by atoms with Gasteiger partial charge in [0.25, 0.3) is 0 Å². The number of aromatic hydroxyl groups is 1. The van der Waals surface area contributed by atoms with E-state index in [0.29, 0.717) is 38.8 Å². The molecule has 0 aromatic heterocycles. The van der Waals surface area contributed by atoms with Crippen LogP contribution in [0.4, 0.5) is 0 Å². The number of nitrogens with one attached hydrogen (secondary N) is 1. The number of carboxylic acids is 1. The van der Waals surface area contributed by atoms with Crippen molar-refractivity contribution in [3.63, 3.8) is 0 Å². The van der Waals surface area contributed by atoms with Crippen LogP contribution < -0.4 is 11.1 Å². The fraction of sp³-hybridized carbons (Fsp3) is 0.452. The number of likely N-dealkylation sites (tertiary alicyclic amines) is 2. The first-order chi connectivity index (χ1) is 20.6. The van der Waals surface area contributed by atoms with Crippen molar-refractivity contribution >= 4 is 29.6 Å². The van der Waals surface area contributed by atoms with E-state index in [9.17, 15) is 29.1 Å². The summed E-state index contributed by atoms with van der Waals surface area (Å²) in [6, 6.07) is 12.2. The Bertz CT molecular complexity index is 1320. The number of rotatable bonds is 11. The summed E-state index contributed by atoms with van der Waals surface area (Å²) in [4.78, 5) is 69.4. The fourth-order valence-electron chi connectivity index (χ4n) is 5.86. The Labute approximate surface area is 250 Å². The molecule has 2 aromatic rings. The molecule has 0 aliphatic carbocycles. The van der Waals surface area contributed by atoms with Crippen molar-refractivity contribution in [1.29, 1.82) is 0 Å². The Balaban J connectivity index is 1.52. The van der Waals surface area contributed by atoms with Crippen LogP contribution in [-0.4, -0.2) is 105 Å². The molecule has 5 N–H and O–H groups in total. The molecule has 4 atom stereocenters. The van der Waals surface area contributed by atoms with Gasteiger partial charge in [-0.2, -0.15) is 0 Å². The number of phenols is 1. The average Bonchev–Trinajstić information content (AvgIpc) is 3.69. The number of nitrogens with two attached hydrogens (primary N) is 1. The predicted molar refractivity (Wildman–Crippen MR) is 157 cm³/mol. The quantitative estimate of drug-likeness (QED) is 0.292. The number of carbonyl (C=O) groups is 5.